The Labute approximate surface area is 145 Å². The summed E-state index contributed by atoms with van der Waals surface area (Å²) in [6, 6.07) is 9.26. The van der Waals surface area contributed by atoms with Crippen LogP contribution < -0.4 is 5.32 Å². The molecule has 1 saturated heterocycles. The number of hydrogen-bond acceptors (Lipinski definition) is 5. The summed E-state index contributed by atoms with van der Waals surface area (Å²) in [5, 5.41) is 3.20. The van der Waals surface area contributed by atoms with Gasteiger partial charge in [-0.3, -0.25) is 10.1 Å². The summed E-state index contributed by atoms with van der Waals surface area (Å²) in [5.41, 5.74) is 1.20. The maximum Gasteiger partial charge on any atom is 0.325 e. The second-order valence-electron chi connectivity index (χ2n) is 5.70. The first-order valence-corrected chi connectivity index (χ1v) is 8.80. The van der Waals surface area contributed by atoms with E-state index in [1.807, 2.05) is 23.1 Å². The third-order valence-corrected chi connectivity index (χ3v) is 5.14. The smallest absolute Gasteiger partial charge is 0.325 e. The van der Waals surface area contributed by atoms with E-state index in [0.717, 1.165) is 11.6 Å². The molecule has 3 rings (SSSR count). The molecule has 2 heterocycles. The molecule has 126 valence electrons. The zero-order valence-electron chi connectivity index (χ0n) is 13.5. The second-order valence-corrected chi connectivity index (χ2v) is 6.69. The van der Waals surface area contributed by atoms with Gasteiger partial charge >= 0.3 is 6.03 Å². The molecule has 2 unspecified atom stereocenters. The van der Waals surface area contributed by atoms with Crippen LogP contribution in [-0.2, 0) is 11.2 Å². The van der Waals surface area contributed by atoms with E-state index >= 15 is 0 Å². The summed E-state index contributed by atoms with van der Waals surface area (Å²) in [7, 11) is 1.67. The number of rotatable bonds is 5. The van der Waals surface area contributed by atoms with E-state index in [9.17, 15) is 9.59 Å². The van der Waals surface area contributed by atoms with Gasteiger partial charge in [-0.15, -0.1) is 6.58 Å². The van der Waals surface area contributed by atoms with Gasteiger partial charge in [0, 0.05) is 19.3 Å². The van der Waals surface area contributed by atoms with Crippen molar-refractivity contribution >= 4 is 28.9 Å². The Balaban J connectivity index is 1.80. The average molecular weight is 344 g/mol. The average Bonchev–Trinajstić information content (AvgIpc) is 2.96. The van der Waals surface area contributed by atoms with Crippen LogP contribution in [0, 0.1) is 0 Å². The minimum Gasteiger partial charge on any atom is -0.335 e. The number of imide groups is 1. The Hall–Kier alpha value is -2.28. The highest BCUT2D eigenvalue weighted by Gasteiger charge is 2.48. The zero-order chi connectivity index (χ0) is 17.1. The molecule has 2 atom stereocenters. The van der Waals surface area contributed by atoms with Crippen molar-refractivity contribution in [1.29, 1.82) is 0 Å². The Morgan fingerprint density at radius 3 is 2.79 bits per heavy atom. The topological polar surface area (TPSA) is 65.0 Å². The molecule has 0 aliphatic carbocycles. The van der Waals surface area contributed by atoms with Crippen molar-refractivity contribution in [2.75, 3.05) is 19.3 Å². The molecule has 1 aromatic carbocycles. The van der Waals surface area contributed by atoms with Gasteiger partial charge in [-0.25, -0.2) is 9.79 Å². The molecule has 0 aromatic heterocycles. The first-order chi connectivity index (χ1) is 11.6. The van der Waals surface area contributed by atoms with Crippen LogP contribution in [-0.4, -0.2) is 58.5 Å². The molecule has 2 aliphatic rings. The van der Waals surface area contributed by atoms with Crippen molar-refractivity contribution in [1.82, 2.24) is 15.1 Å². The number of benzene rings is 1. The third-order valence-electron chi connectivity index (χ3n) is 4.14. The summed E-state index contributed by atoms with van der Waals surface area (Å²) in [4.78, 5) is 32.3. The maximum absolute atomic E-state index is 12.4. The van der Waals surface area contributed by atoms with E-state index in [-0.39, 0.29) is 5.91 Å². The highest BCUT2D eigenvalue weighted by atomic mass is 32.2. The monoisotopic (exact) mass is 344 g/mol. The first-order valence-electron chi connectivity index (χ1n) is 7.81. The number of amidine groups is 1. The molecule has 6 nitrogen and oxygen atoms in total. The number of amides is 3. The Kier molecular flexibility index (Phi) is 4.89. The van der Waals surface area contributed by atoms with Gasteiger partial charge in [0.15, 0.2) is 17.4 Å². The van der Waals surface area contributed by atoms with Crippen LogP contribution in [0.25, 0.3) is 0 Å². The Bertz CT molecular complexity index is 676. The van der Waals surface area contributed by atoms with Gasteiger partial charge < -0.3 is 9.80 Å². The van der Waals surface area contributed by atoms with E-state index in [4.69, 9.17) is 0 Å². The molecule has 0 saturated carbocycles. The number of carbonyl (C=O) groups is 2. The Morgan fingerprint density at radius 1 is 1.33 bits per heavy atom. The molecular formula is C17H20N4O2S. The molecule has 1 N–H and O–H groups in total. The Morgan fingerprint density at radius 2 is 2.08 bits per heavy atom. The number of aliphatic imine (C=N–C) groups is 1. The second kappa shape index (κ2) is 7.09. The van der Waals surface area contributed by atoms with E-state index < -0.39 is 18.2 Å². The fourth-order valence-electron chi connectivity index (χ4n) is 2.88. The van der Waals surface area contributed by atoms with Crippen molar-refractivity contribution in [3.63, 3.8) is 0 Å². The third kappa shape index (κ3) is 3.17. The van der Waals surface area contributed by atoms with Crippen LogP contribution in [0.15, 0.2) is 48.0 Å². The lowest BCUT2D eigenvalue weighted by molar-refractivity contribution is -0.127. The quantitative estimate of drug-likeness (QED) is 0.826. The SMILES string of the molecule is C=CCSC1=NC2C(C(=O)NC(=O)N2C)N1CCc1ccccc1. The molecule has 3 amide bonds. The first kappa shape index (κ1) is 16.6. The highest BCUT2D eigenvalue weighted by molar-refractivity contribution is 8.13. The largest absolute Gasteiger partial charge is 0.335 e. The summed E-state index contributed by atoms with van der Waals surface area (Å²) in [6.07, 6.45) is 2.15. The number of likely N-dealkylation sites (N-methyl/N-ethyl adjacent to an activating group) is 1. The van der Waals surface area contributed by atoms with Crippen LogP contribution >= 0.6 is 11.8 Å². The summed E-state index contributed by atoms with van der Waals surface area (Å²) < 4.78 is 0. The molecular weight excluding hydrogens is 324 g/mol. The van der Waals surface area contributed by atoms with Crippen LogP contribution in [0.3, 0.4) is 0 Å². The van der Waals surface area contributed by atoms with Crippen LogP contribution in [0.2, 0.25) is 0 Å². The fourth-order valence-corrected chi connectivity index (χ4v) is 3.70. The molecule has 0 radical (unpaired) electrons. The molecule has 0 spiro atoms. The minimum absolute atomic E-state index is 0.283. The van der Waals surface area contributed by atoms with Gasteiger partial charge in [0.05, 0.1) is 0 Å². The summed E-state index contributed by atoms with van der Waals surface area (Å²) >= 11 is 1.54. The van der Waals surface area contributed by atoms with Crippen molar-refractivity contribution in [3.05, 3.63) is 48.6 Å². The van der Waals surface area contributed by atoms with Crippen LogP contribution in [0.4, 0.5) is 4.79 Å². The number of nitrogens with one attached hydrogen (secondary N) is 1. The number of urea groups is 1. The normalized spacial score (nSPS) is 23.0. The van der Waals surface area contributed by atoms with Gasteiger partial charge in [0.1, 0.15) is 0 Å². The highest BCUT2D eigenvalue weighted by Crippen LogP contribution is 2.28. The minimum atomic E-state index is -0.469. The van der Waals surface area contributed by atoms with Gasteiger partial charge in [-0.05, 0) is 12.0 Å². The number of carbonyl (C=O) groups excluding carboxylic acids is 2. The van der Waals surface area contributed by atoms with Gasteiger partial charge in [0.2, 0.25) is 0 Å². The predicted molar refractivity (Wildman–Crippen MR) is 95.8 cm³/mol. The molecule has 0 bridgehead atoms. The van der Waals surface area contributed by atoms with Crippen molar-refractivity contribution in [2.45, 2.75) is 18.6 Å². The standard InChI is InChI=1S/C17H20N4O2S/c1-3-11-24-17-18-14-13(15(22)19-16(23)20(14)2)21(17)10-9-12-7-5-4-6-8-12/h3-8,13-14H,1,9-11H2,2H3,(H,19,22,23). The van der Waals surface area contributed by atoms with Gasteiger partial charge in [-0.2, -0.15) is 0 Å². The number of thioether (sulfide) groups is 1. The van der Waals surface area contributed by atoms with Crippen LogP contribution in [0.5, 0.6) is 0 Å². The summed E-state index contributed by atoms with van der Waals surface area (Å²) in [6.45, 7) is 4.41. The number of hydrogen-bond donors (Lipinski definition) is 1. The van der Waals surface area contributed by atoms with Gasteiger partial charge in [-0.1, -0.05) is 48.2 Å². The number of fused-ring (bicyclic) bond motifs is 1. The van der Waals surface area contributed by atoms with Crippen molar-refractivity contribution < 1.29 is 9.59 Å². The van der Waals surface area contributed by atoms with E-state index in [2.05, 4.69) is 29.0 Å². The summed E-state index contributed by atoms with van der Waals surface area (Å²) in [5.74, 6) is 0.425. The molecule has 1 fully saturated rings. The lowest BCUT2D eigenvalue weighted by atomic mass is 10.1. The molecule has 24 heavy (non-hydrogen) atoms. The van der Waals surface area contributed by atoms with E-state index in [0.29, 0.717) is 12.3 Å². The number of nitrogens with zero attached hydrogens (tertiary/aromatic N) is 3. The molecule has 2 aliphatic heterocycles. The molecule has 1 aromatic rings. The lowest BCUT2D eigenvalue weighted by Gasteiger charge is -2.36. The maximum atomic E-state index is 12.4. The zero-order valence-corrected chi connectivity index (χ0v) is 14.3. The van der Waals surface area contributed by atoms with Gasteiger partial charge in [0.25, 0.3) is 5.91 Å². The van der Waals surface area contributed by atoms with Crippen molar-refractivity contribution in [2.24, 2.45) is 4.99 Å². The molecule has 7 heteroatoms. The van der Waals surface area contributed by atoms with E-state index in [1.54, 1.807) is 13.1 Å². The fraction of sp³-hybridized carbons (Fsp3) is 0.353. The van der Waals surface area contributed by atoms with Crippen molar-refractivity contribution in [3.8, 4) is 0 Å². The lowest BCUT2D eigenvalue weighted by Crippen LogP contribution is -2.63. The predicted octanol–water partition coefficient (Wildman–Crippen LogP) is 1.70. The van der Waals surface area contributed by atoms with Crippen LogP contribution in [0.1, 0.15) is 5.56 Å². The van der Waals surface area contributed by atoms with E-state index in [1.165, 1.54) is 22.2 Å².